The minimum Gasteiger partial charge on any atom is -0.348 e. The van der Waals surface area contributed by atoms with Crippen molar-refractivity contribution in [2.75, 3.05) is 0 Å². The molecule has 0 radical (unpaired) electrons. The van der Waals surface area contributed by atoms with E-state index < -0.39 is 33.7 Å². The number of hydrogen-bond acceptors (Lipinski definition) is 4. The van der Waals surface area contributed by atoms with E-state index in [1.807, 2.05) is 0 Å². The fraction of sp³-hybridized carbons (Fsp3) is 0.0769. The maximum Gasteiger partial charge on any atom is 0.307 e. The van der Waals surface area contributed by atoms with Crippen molar-refractivity contribution in [3.05, 3.63) is 69.5 Å². The normalized spacial score (nSPS) is 10.2. The van der Waals surface area contributed by atoms with Crippen LogP contribution in [0.15, 0.2) is 36.7 Å². The first kappa shape index (κ1) is 14.5. The standard InChI is InChI=1S/C13H9F2N3O3/c14-10-5-12(18(20)21)11(15)4-9(10)13(19)17-7-8-2-1-3-16-6-8/h1-6H,7H2,(H,17,19). The number of aromatic nitrogens is 1. The zero-order chi connectivity index (χ0) is 15.4. The molecule has 0 atom stereocenters. The topological polar surface area (TPSA) is 85.1 Å². The second kappa shape index (κ2) is 6.04. The quantitative estimate of drug-likeness (QED) is 0.691. The number of rotatable bonds is 4. The van der Waals surface area contributed by atoms with Crippen LogP contribution in [0.2, 0.25) is 0 Å². The second-order valence-electron chi connectivity index (χ2n) is 4.08. The van der Waals surface area contributed by atoms with Crippen LogP contribution >= 0.6 is 0 Å². The Kier molecular flexibility index (Phi) is 4.17. The number of pyridine rings is 1. The number of nitro groups is 1. The molecule has 0 aliphatic rings. The van der Waals surface area contributed by atoms with Crippen molar-refractivity contribution in [1.29, 1.82) is 0 Å². The van der Waals surface area contributed by atoms with Crippen LogP contribution in [0.1, 0.15) is 15.9 Å². The van der Waals surface area contributed by atoms with E-state index in [2.05, 4.69) is 10.3 Å². The maximum absolute atomic E-state index is 13.6. The summed E-state index contributed by atoms with van der Waals surface area (Å²) in [5.74, 6) is -3.30. The first-order valence-electron chi connectivity index (χ1n) is 5.79. The van der Waals surface area contributed by atoms with E-state index in [0.717, 1.165) is 0 Å². The third-order valence-electron chi connectivity index (χ3n) is 2.65. The molecular formula is C13H9F2N3O3. The average molecular weight is 293 g/mol. The molecule has 1 N–H and O–H groups in total. The highest BCUT2D eigenvalue weighted by Crippen LogP contribution is 2.21. The van der Waals surface area contributed by atoms with E-state index in [9.17, 15) is 23.7 Å². The molecule has 2 aromatic rings. The predicted molar refractivity (Wildman–Crippen MR) is 68.4 cm³/mol. The Hall–Kier alpha value is -2.90. The Morgan fingerprint density at radius 2 is 2.10 bits per heavy atom. The van der Waals surface area contributed by atoms with E-state index >= 15 is 0 Å². The summed E-state index contributed by atoms with van der Waals surface area (Å²) in [6.07, 6.45) is 3.06. The van der Waals surface area contributed by atoms with Crippen molar-refractivity contribution in [3.63, 3.8) is 0 Å². The van der Waals surface area contributed by atoms with Gasteiger partial charge in [0.05, 0.1) is 16.6 Å². The third kappa shape index (κ3) is 3.35. The van der Waals surface area contributed by atoms with Gasteiger partial charge in [-0.1, -0.05) is 6.07 Å². The van der Waals surface area contributed by atoms with E-state index in [1.165, 1.54) is 6.20 Å². The molecule has 0 fully saturated rings. The van der Waals surface area contributed by atoms with Crippen molar-refractivity contribution in [2.24, 2.45) is 0 Å². The number of carbonyl (C=O) groups excluding carboxylic acids is 1. The monoisotopic (exact) mass is 293 g/mol. The molecular weight excluding hydrogens is 284 g/mol. The lowest BCUT2D eigenvalue weighted by Gasteiger charge is -2.06. The molecule has 0 saturated heterocycles. The Bertz CT molecular complexity index is 693. The van der Waals surface area contributed by atoms with Crippen LogP contribution in [-0.2, 0) is 6.54 Å². The van der Waals surface area contributed by atoms with Crippen LogP contribution in [0.3, 0.4) is 0 Å². The Balaban J connectivity index is 2.16. The van der Waals surface area contributed by atoms with Gasteiger partial charge in [0.1, 0.15) is 5.82 Å². The molecule has 2 rings (SSSR count). The van der Waals surface area contributed by atoms with Gasteiger partial charge in [0.25, 0.3) is 5.91 Å². The summed E-state index contributed by atoms with van der Waals surface area (Å²) in [4.78, 5) is 25.0. The van der Waals surface area contributed by atoms with Gasteiger partial charge in [0, 0.05) is 18.9 Å². The fourth-order valence-electron chi connectivity index (χ4n) is 1.63. The molecule has 1 amide bonds. The van der Waals surface area contributed by atoms with Gasteiger partial charge < -0.3 is 5.32 Å². The molecule has 108 valence electrons. The fourth-order valence-corrected chi connectivity index (χ4v) is 1.63. The van der Waals surface area contributed by atoms with Crippen molar-refractivity contribution >= 4 is 11.6 Å². The molecule has 0 aliphatic heterocycles. The highest BCUT2D eigenvalue weighted by Gasteiger charge is 2.21. The summed E-state index contributed by atoms with van der Waals surface area (Å²) in [6, 6.07) is 4.24. The molecule has 1 aromatic heterocycles. The number of halogens is 2. The number of carbonyl (C=O) groups is 1. The van der Waals surface area contributed by atoms with Gasteiger partial charge in [-0.2, -0.15) is 4.39 Å². The van der Waals surface area contributed by atoms with Gasteiger partial charge >= 0.3 is 5.69 Å². The van der Waals surface area contributed by atoms with Crippen LogP contribution < -0.4 is 5.32 Å². The van der Waals surface area contributed by atoms with E-state index in [4.69, 9.17) is 0 Å². The Morgan fingerprint density at radius 1 is 1.33 bits per heavy atom. The van der Waals surface area contributed by atoms with Gasteiger partial charge in [-0.3, -0.25) is 19.9 Å². The van der Waals surface area contributed by atoms with Gasteiger partial charge in [-0.25, -0.2) is 4.39 Å². The lowest BCUT2D eigenvalue weighted by Crippen LogP contribution is -2.24. The van der Waals surface area contributed by atoms with Crippen LogP contribution in [0.4, 0.5) is 14.5 Å². The molecule has 0 saturated carbocycles. The molecule has 1 aromatic carbocycles. The van der Waals surface area contributed by atoms with Crippen LogP contribution in [0, 0.1) is 21.7 Å². The Morgan fingerprint density at radius 3 is 2.71 bits per heavy atom. The molecule has 0 unspecified atom stereocenters. The number of nitro benzene ring substituents is 1. The van der Waals surface area contributed by atoms with E-state index in [1.54, 1.807) is 18.3 Å². The minimum absolute atomic E-state index is 0.0741. The summed E-state index contributed by atoms with van der Waals surface area (Å²) in [5.41, 5.74) is -0.938. The summed E-state index contributed by atoms with van der Waals surface area (Å²) in [5, 5.41) is 12.8. The summed E-state index contributed by atoms with van der Waals surface area (Å²) in [7, 11) is 0. The molecule has 0 bridgehead atoms. The minimum atomic E-state index is -1.27. The molecule has 0 spiro atoms. The molecule has 1 heterocycles. The largest absolute Gasteiger partial charge is 0.348 e. The maximum atomic E-state index is 13.6. The SMILES string of the molecule is O=C(NCc1cccnc1)c1cc(F)c([N+](=O)[O-])cc1F. The molecule has 21 heavy (non-hydrogen) atoms. The van der Waals surface area contributed by atoms with Crippen LogP contribution in [0.25, 0.3) is 0 Å². The summed E-state index contributed by atoms with van der Waals surface area (Å²) < 4.78 is 27.0. The highest BCUT2D eigenvalue weighted by molar-refractivity contribution is 5.94. The number of benzene rings is 1. The van der Waals surface area contributed by atoms with Crippen molar-refractivity contribution < 1.29 is 18.5 Å². The zero-order valence-electron chi connectivity index (χ0n) is 10.5. The predicted octanol–water partition coefficient (Wildman–Crippen LogP) is 2.20. The first-order chi connectivity index (χ1) is 9.99. The molecule has 8 heteroatoms. The van der Waals surface area contributed by atoms with Crippen LogP contribution in [0.5, 0.6) is 0 Å². The number of hydrogen-bond donors (Lipinski definition) is 1. The van der Waals surface area contributed by atoms with Crippen molar-refractivity contribution in [2.45, 2.75) is 6.54 Å². The number of amides is 1. The van der Waals surface area contributed by atoms with Crippen LogP contribution in [-0.4, -0.2) is 15.8 Å². The summed E-state index contributed by atoms with van der Waals surface area (Å²) in [6.45, 7) is 0.0741. The number of nitrogens with one attached hydrogen (secondary N) is 1. The summed E-state index contributed by atoms with van der Waals surface area (Å²) >= 11 is 0. The number of nitrogens with zero attached hydrogens (tertiary/aromatic N) is 2. The molecule has 6 nitrogen and oxygen atoms in total. The van der Waals surface area contributed by atoms with E-state index in [0.29, 0.717) is 17.7 Å². The average Bonchev–Trinajstić information content (AvgIpc) is 2.47. The van der Waals surface area contributed by atoms with E-state index in [-0.39, 0.29) is 6.54 Å². The van der Waals surface area contributed by atoms with Gasteiger partial charge in [0.2, 0.25) is 5.82 Å². The highest BCUT2D eigenvalue weighted by atomic mass is 19.1. The third-order valence-corrected chi connectivity index (χ3v) is 2.65. The Labute approximate surface area is 117 Å². The van der Waals surface area contributed by atoms with Crippen molar-refractivity contribution in [3.8, 4) is 0 Å². The zero-order valence-corrected chi connectivity index (χ0v) is 10.5. The second-order valence-corrected chi connectivity index (χ2v) is 4.08. The lowest BCUT2D eigenvalue weighted by atomic mass is 10.1. The van der Waals surface area contributed by atoms with Gasteiger partial charge in [-0.15, -0.1) is 0 Å². The first-order valence-corrected chi connectivity index (χ1v) is 5.79. The smallest absolute Gasteiger partial charge is 0.307 e. The molecule has 0 aliphatic carbocycles. The lowest BCUT2D eigenvalue weighted by molar-refractivity contribution is -0.387. The van der Waals surface area contributed by atoms with Gasteiger partial charge in [0.15, 0.2) is 0 Å². The van der Waals surface area contributed by atoms with Gasteiger partial charge in [-0.05, 0) is 17.7 Å². The van der Waals surface area contributed by atoms with Crippen molar-refractivity contribution in [1.82, 2.24) is 10.3 Å².